The third kappa shape index (κ3) is 5.32. The molecule has 0 aliphatic rings. The maximum absolute atomic E-state index is 12.9. The minimum Gasteiger partial charge on any atom is -0.479 e. The molecule has 0 saturated carbocycles. The summed E-state index contributed by atoms with van der Waals surface area (Å²) in [5.74, 6) is 0.494. The summed E-state index contributed by atoms with van der Waals surface area (Å²) in [5.41, 5.74) is 0.0135. The average Bonchev–Trinajstić information content (AvgIpc) is 2.83. The number of carbonyl (C=O) groups excluding carboxylic acids is 1. The number of hydrogen-bond donors (Lipinski definition) is 0. The van der Waals surface area contributed by atoms with E-state index in [0.29, 0.717) is 35.7 Å². The van der Waals surface area contributed by atoms with E-state index >= 15 is 0 Å². The van der Waals surface area contributed by atoms with Crippen molar-refractivity contribution < 1.29 is 28.2 Å². The molecule has 7 heteroatoms. The second kappa shape index (κ2) is 10.2. The summed E-state index contributed by atoms with van der Waals surface area (Å²) >= 11 is 0. The van der Waals surface area contributed by atoms with Crippen molar-refractivity contribution in [1.29, 1.82) is 0 Å². The zero-order valence-electron chi connectivity index (χ0n) is 18.4. The summed E-state index contributed by atoms with van der Waals surface area (Å²) < 4.78 is 27.3. The van der Waals surface area contributed by atoms with E-state index < -0.39 is 12.1 Å². The van der Waals surface area contributed by atoms with E-state index in [0.717, 1.165) is 10.8 Å². The molecule has 0 aliphatic heterocycles. The average molecular weight is 448 g/mol. The Morgan fingerprint density at radius 2 is 1.76 bits per heavy atom. The third-order valence-corrected chi connectivity index (χ3v) is 4.98. The Kier molecular flexibility index (Phi) is 6.90. The number of esters is 1. The van der Waals surface area contributed by atoms with Gasteiger partial charge in [0.1, 0.15) is 30.0 Å². The highest BCUT2D eigenvalue weighted by Crippen LogP contribution is 2.27. The van der Waals surface area contributed by atoms with E-state index in [1.54, 1.807) is 31.2 Å². The summed E-state index contributed by atoms with van der Waals surface area (Å²) in [6.07, 6.45) is 0.445. The van der Waals surface area contributed by atoms with Crippen molar-refractivity contribution in [2.45, 2.75) is 20.0 Å². The van der Waals surface area contributed by atoms with Gasteiger partial charge in [0.15, 0.2) is 6.10 Å². The molecule has 170 valence electrons. The smallest absolute Gasteiger partial charge is 0.347 e. The highest BCUT2D eigenvalue weighted by atomic mass is 16.6. The Balaban J connectivity index is 1.47. The Labute approximate surface area is 190 Å². The molecular formula is C26H24O7. The zero-order valence-corrected chi connectivity index (χ0v) is 18.4. The first-order valence-corrected chi connectivity index (χ1v) is 10.7. The van der Waals surface area contributed by atoms with Crippen LogP contribution in [0.1, 0.15) is 13.8 Å². The number of ether oxygens (including phenoxy) is 4. The van der Waals surface area contributed by atoms with Gasteiger partial charge < -0.3 is 23.4 Å². The van der Waals surface area contributed by atoms with Gasteiger partial charge in [-0.2, -0.15) is 0 Å². The topological polar surface area (TPSA) is 84.2 Å². The van der Waals surface area contributed by atoms with Crippen LogP contribution < -0.4 is 14.9 Å². The van der Waals surface area contributed by atoms with Crippen LogP contribution in [0.2, 0.25) is 0 Å². The fourth-order valence-electron chi connectivity index (χ4n) is 3.31. The predicted octanol–water partition coefficient (Wildman–Crippen LogP) is 5.09. The summed E-state index contributed by atoms with van der Waals surface area (Å²) in [6, 6.07) is 18.2. The Morgan fingerprint density at radius 3 is 2.58 bits per heavy atom. The van der Waals surface area contributed by atoms with Gasteiger partial charge in [-0.25, -0.2) is 4.79 Å². The largest absolute Gasteiger partial charge is 0.479 e. The van der Waals surface area contributed by atoms with Crippen molar-refractivity contribution in [3.05, 3.63) is 77.2 Å². The molecule has 4 rings (SSSR count). The van der Waals surface area contributed by atoms with Gasteiger partial charge in [-0.05, 0) is 48.9 Å². The Hall–Kier alpha value is -3.84. The number of rotatable bonds is 9. The second-order valence-electron chi connectivity index (χ2n) is 7.32. The van der Waals surface area contributed by atoms with E-state index in [4.69, 9.17) is 23.4 Å². The van der Waals surface area contributed by atoms with Crippen molar-refractivity contribution in [2.75, 3.05) is 19.8 Å². The van der Waals surface area contributed by atoms with Gasteiger partial charge in [-0.1, -0.05) is 30.3 Å². The van der Waals surface area contributed by atoms with Crippen LogP contribution in [0.3, 0.4) is 0 Å². The van der Waals surface area contributed by atoms with Crippen LogP contribution in [-0.2, 0) is 14.3 Å². The lowest BCUT2D eigenvalue weighted by Gasteiger charge is -2.14. The van der Waals surface area contributed by atoms with Gasteiger partial charge >= 0.3 is 5.97 Å². The number of fused-ring (bicyclic) bond motifs is 2. The highest BCUT2D eigenvalue weighted by Gasteiger charge is 2.17. The van der Waals surface area contributed by atoms with E-state index in [1.165, 1.54) is 6.26 Å². The molecule has 0 N–H and O–H groups in total. The molecule has 0 spiro atoms. The van der Waals surface area contributed by atoms with Crippen molar-refractivity contribution in [3.63, 3.8) is 0 Å². The molecule has 4 aromatic rings. The third-order valence-electron chi connectivity index (χ3n) is 4.98. The quantitative estimate of drug-likeness (QED) is 0.261. The molecule has 1 unspecified atom stereocenters. The summed E-state index contributed by atoms with van der Waals surface area (Å²) in [5, 5.41) is 2.43. The van der Waals surface area contributed by atoms with Gasteiger partial charge in [0, 0.05) is 12.7 Å². The first-order valence-electron chi connectivity index (χ1n) is 10.7. The van der Waals surface area contributed by atoms with E-state index in [2.05, 4.69) is 0 Å². The Morgan fingerprint density at radius 1 is 0.970 bits per heavy atom. The molecule has 0 saturated heterocycles. The molecule has 7 nitrogen and oxygen atoms in total. The molecule has 0 fully saturated rings. The lowest BCUT2D eigenvalue weighted by molar-refractivity contribution is -0.152. The lowest BCUT2D eigenvalue weighted by atomic mass is 10.1. The zero-order chi connectivity index (χ0) is 23.2. The molecule has 0 aliphatic carbocycles. The van der Waals surface area contributed by atoms with Crippen molar-refractivity contribution in [3.8, 4) is 17.2 Å². The second-order valence-corrected chi connectivity index (χ2v) is 7.32. The first kappa shape index (κ1) is 22.4. The van der Waals surface area contributed by atoms with E-state index in [1.807, 2.05) is 43.3 Å². The van der Waals surface area contributed by atoms with E-state index in [9.17, 15) is 9.59 Å². The van der Waals surface area contributed by atoms with Crippen LogP contribution in [0, 0.1) is 0 Å². The van der Waals surface area contributed by atoms with Crippen LogP contribution >= 0.6 is 0 Å². The molecule has 3 aromatic carbocycles. The van der Waals surface area contributed by atoms with Gasteiger partial charge in [0.2, 0.25) is 11.2 Å². The summed E-state index contributed by atoms with van der Waals surface area (Å²) in [7, 11) is 0. The minimum absolute atomic E-state index is 0.0812. The van der Waals surface area contributed by atoms with E-state index in [-0.39, 0.29) is 17.8 Å². The van der Waals surface area contributed by atoms with Crippen LogP contribution in [0.4, 0.5) is 0 Å². The first-order chi connectivity index (χ1) is 16.0. The standard InChI is InChI=1S/C26H24O7/c1-3-29-12-13-30-26(28)17(2)32-21-10-11-22-23(15-21)31-16-24(25(22)27)33-20-9-8-18-6-4-5-7-19(18)14-20/h4-11,14-17H,3,12-13H2,1-2H3. The van der Waals surface area contributed by atoms with Crippen molar-refractivity contribution in [1.82, 2.24) is 0 Å². The number of hydrogen-bond acceptors (Lipinski definition) is 7. The fraction of sp³-hybridized carbons (Fsp3) is 0.231. The Bertz CT molecular complexity index is 1330. The number of carbonyl (C=O) groups is 1. The molecule has 0 bridgehead atoms. The van der Waals surface area contributed by atoms with Gasteiger partial charge in [0.05, 0.1) is 12.0 Å². The van der Waals surface area contributed by atoms with Crippen LogP contribution in [0.25, 0.3) is 21.7 Å². The lowest BCUT2D eigenvalue weighted by Crippen LogP contribution is -2.27. The molecule has 33 heavy (non-hydrogen) atoms. The maximum atomic E-state index is 12.9. The van der Waals surface area contributed by atoms with Gasteiger partial charge in [-0.3, -0.25) is 4.79 Å². The van der Waals surface area contributed by atoms with Crippen molar-refractivity contribution >= 4 is 27.7 Å². The molecule has 1 aromatic heterocycles. The SMILES string of the molecule is CCOCCOC(=O)C(C)Oc1ccc2c(=O)c(Oc3ccc4ccccc4c3)coc2c1. The fourth-order valence-corrected chi connectivity index (χ4v) is 3.31. The monoisotopic (exact) mass is 448 g/mol. The molecule has 1 heterocycles. The minimum atomic E-state index is -0.827. The van der Waals surface area contributed by atoms with Crippen LogP contribution in [-0.4, -0.2) is 31.9 Å². The van der Waals surface area contributed by atoms with Gasteiger partial charge in [0.25, 0.3) is 0 Å². The molecule has 1 atom stereocenters. The molecular weight excluding hydrogens is 424 g/mol. The molecule has 0 radical (unpaired) electrons. The molecule has 0 amide bonds. The van der Waals surface area contributed by atoms with Gasteiger partial charge in [-0.15, -0.1) is 0 Å². The predicted molar refractivity (Wildman–Crippen MR) is 124 cm³/mol. The summed E-state index contributed by atoms with van der Waals surface area (Å²) in [4.78, 5) is 24.9. The van der Waals surface area contributed by atoms with Crippen molar-refractivity contribution in [2.24, 2.45) is 0 Å². The van der Waals surface area contributed by atoms with Crippen LogP contribution in [0.15, 0.2) is 76.1 Å². The summed E-state index contributed by atoms with van der Waals surface area (Å²) in [6.45, 7) is 4.50. The maximum Gasteiger partial charge on any atom is 0.347 e. The number of benzene rings is 3. The normalized spacial score (nSPS) is 11.9. The highest BCUT2D eigenvalue weighted by molar-refractivity contribution is 5.84. The van der Waals surface area contributed by atoms with Crippen LogP contribution in [0.5, 0.6) is 17.2 Å².